The summed E-state index contributed by atoms with van der Waals surface area (Å²) in [5.41, 5.74) is 0. The summed E-state index contributed by atoms with van der Waals surface area (Å²) in [6.45, 7) is 4.25. The Bertz CT molecular complexity index is 238. The number of hydrogen-bond donors (Lipinski definition) is 1. The van der Waals surface area contributed by atoms with Crippen molar-refractivity contribution in [3.05, 3.63) is 0 Å². The highest BCUT2D eigenvalue weighted by Gasteiger charge is 2.29. The van der Waals surface area contributed by atoms with Gasteiger partial charge in [0.25, 0.3) is 0 Å². The predicted octanol–water partition coefficient (Wildman–Crippen LogP) is 1.10. The van der Waals surface area contributed by atoms with Crippen LogP contribution in [0.5, 0.6) is 0 Å². The van der Waals surface area contributed by atoms with Crippen LogP contribution in [0.4, 0.5) is 0 Å². The second-order valence-electron chi connectivity index (χ2n) is 4.82. The smallest absolute Gasteiger partial charge is 0.323 e. The molecule has 0 aromatic rings. The number of carbonyl (C=O) groups is 1. The van der Waals surface area contributed by atoms with E-state index < -0.39 is 0 Å². The zero-order valence-electron chi connectivity index (χ0n) is 9.91. The van der Waals surface area contributed by atoms with Crippen molar-refractivity contribution in [1.82, 2.24) is 5.32 Å². The third kappa shape index (κ3) is 2.95. The molecule has 0 aromatic carbocycles. The van der Waals surface area contributed by atoms with Crippen molar-refractivity contribution in [2.75, 3.05) is 19.8 Å². The fourth-order valence-electron chi connectivity index (χ4n) is 2.41. The summed E-state index contributed by atoms with van der Waals surface area (Å²) in [5.74, 6) is 0.272. The standard InChI is InChI=1S/C12H21NO3/c1-9-4-2-6-13-11(9)12(14)16-8-10-5-3-7-15-10/h9-11,13H,2-8H2,1H3. The lowest BCUT2D eigenvalue weighted by Gasteiger charge is -2.28. The number of carbonyl (C=O) groups excluding carboxylic acids is 1. The first-order chi connectivity index (χ1) is 7.77. The lowest BCUT2D eigenvalue weighted by Crippen LogP contribution is -2.47. The summed E-state index contributed by atoms with van der Waals surface area (Å²) in [7, 11) is 0. The second kappa shape index (κ2) is 5.64. The van der Waals surface area contributed by atoms with Crippen molar-refractivity contribution in [3.63, 3.8) is 0 Å². The third-order valence-electron chi connectivity index (χ3n) is 3.46. The Kier molecular flexibility index (Phi) is 4.18. The Hall–Kier alpha value is -0.610. The van der Waals surface area contributed by atoms with E-state index >= 15 is 0 Å². The van der Waals surface area contributed by atoms with Crippen LogP contribution in [0.1, 0.15) is 32.6 Å². The maximum atomic E-state index is 11.8. The van der Waals surface area contributed by atoms with Crippen molar-refractivity contribution in [3.8, 4) is 0 Å². The molecule has 92 valence electrons. The fourth-order valence-corrected chi connectivity index (χ4v) is 2.41. The Morgan fingerprint density at radius 2 is 2.31 bits per heavy atom. The summed E-state index contributed by atoms with van der Waals surface area (Å²) in [4.78, 5) is 11.8. The molecule has 0 radical (unpaired) electrons. The molecule has 0 saturated carbocycles. The number of hydrogen-bond acceptors (Lipinski definition) is 4. The highest BCUT2D eigenvalue weighted by Crippen LogP contribution is 2.17. The van der Waals surface area contributed by atoms with Crippen LogP contribution < -0.4 is 5.32 Å². The molecule has 2 aliphatic heterocycles. The minimum absolute atomic E-state index is 0.109. The predicted molar refractivity (Wildman–Crippen MR) is 60.1 cm³/mol. The molecular weight excluding hydrogens is 206 g/mol. The van der Waals surface area contributed by atoms with Gasteiger partial charge in [-0.1, -0.05) is 6.92 Å². The van der Waals surface area contributed by atoms with E-state index in [2.05, 4.69) is 12.2 Å². The average molecular weight is 227 g/mol. The van der Waals surface area contributed by atoms with Gasteiger partial charge in [-0.25, -0.2) is 0 Å². The van der Waals surface area contributed by atoms with Crippen molar-refractivity contribution in [1.29, 1.82) is 0 Å². The molecule has 2 heterocycles. The zero-order chi connectivity index (χ0) is 11.4. The molecule has 0 aliphatic carbocycles. The first kappa shape index (κ1) is 11.9. The Morgan fingerprint density at radius 1 is 1.44 bits per heavy atom. The summed E-state index contributed by atoms with van der Waals surface area (Å²) >= 11 is 0. The topological polar surface area (TPSA) is 47.6 Å². The Balaban J connectivity index is 1.73. The van der Waals surface area contributed by atoms with E-state index in [1.54, 1.807) is 0 Å². The highest BCUT2D eigenvalue weighted by molar-refractivity contribution is 5.76. The molecule has 3 unspecified atom stereocenters. The Labute approximate surface area is 96.7 Å². The second-order valence-corrected chi connectivity index (χ2v) is 4.82. The van der Waals surface area contributed by atoms with Gasteiger partial charge in [-0.05, 0) is 38.1 Å². The van der Waals surface area contributed by atoms with Gasteiger partial charge in [0.15, 0.2) is 0 Å². The van der Waals surface area contributed by atoms with Gasteiger partial charge >= 0.3 is 5.97 Å². The molecule has 0 spiro atoms. The molecule has 4 nitrogen and oxygen atoms in total. The highest BCUT2D eigenvalue weighted by atomic mass is 16.6. The van der Waals surface area contributed by atoms with Crippen LogP contribution in [0.15, 0.2) is 0 Å². The van der Waals surface area contributed by atoms with Crippen LogP contribution >= 0.6 is 0 Å². The van der Waals surface area contributed by atoms with Gasteiger partial charge in [-0.3, -0.25) is 4.79 Å². The summed E-state index contributed by atoms with van der Waals surface area (Å²) in [5, 5.41) is 3.23. The minimum Gasteiger partial charge on any atom is -0.462 e. The van der Waals surface area contributed by atoms with Gasteiger partial charge in [0.2, 0.25) is 0 Å². The summed E-state index contributed by atoms with van der Waals surface area (Å²) in [6.07, 6.45) is 4.48. The van der Waals surface area contributed by atoms with Crippen LogP contribution in [0.25, 0.3) is 0 Å². The van der Waals surface area contributed by atoms with E-state index in [-0.39, 0.29) is 18.1 Å². The SMILES string of the molecule is CC1CCCNC1C(=O)OCC1CCCO1. The van der Waals surface area contributed by atoms with Gasteiger partial charge in [0.1, 0.15) is 12.6 Å². The van der Waals surface area contributed by atoms with Crippen molar-refractivity contribution in [2.24, 2.45) is 5.92 Å². The lowest BCUT2D eigenvalue weighted by molar-refractivity contribution is -0.151. The molecular formula is C12H21NO3. The molecule has 16 heavy (non-hydrogen) atoms. The molecule has 4 heteroatoms. The molecule has 3 atom stereocenters. The van der Waals surface area contributed by atoms with E-state index in [1.165, 1.54) is 0 Å². The lowest BCUT2D eigenvalue weighted by atomic mass is 9.93. The largest absolute Gasteiger partial charge is 0.462 e. The average Bonchev–Trinajstić information content (AvgIpc) is 2.79. The maximum absolute atomic E-state index is 11.8. The van der Waals surface area contributed by atoms with Crippen LogP contribution in [0.2, 0.25) is 0 Å². The molecule has 2 saturated heterocycles. The van der Waals surface area contributed by atoms with E-state index in [0.717, 1.165) is 38.8 Å². The van der Waals surface area contributed by atoms with Crippen molar-refractivity contribution < 1.29 is 14.3 Å². The molecule has 2 fully saturated rings. The van der Waals surface area contributed by atoms with E-state index in [9.17, 15) is 4.79 Å². The molecule has 0 amide bonds. The zero-order valence-corrected chi connectivity index (χ0v) is 9.91. The van der Waals surface area contributed by atoms with Crippen molar-refractivity contribution >= 4 is 5.97 Å². The van der Waals surface area contributed by atoms with Crippen LogP contribution in [0, 0.1) is 5.92 Å². The quantitative estimate of drug-likeness (QED) is 0.733. The molecule has 1 N–H and O–H groups in total. The van der Waals surface area contributed by atoms with Gasteiger partial charge in [-0.15, -0.1) is 0 Å². The first-order valence-electron chi connectivity index (χ1n) is 6.29. The number of esters is 1. The third-order valence-corrected chi connectivity index (χ3v) is 3.46. The number of nitrogens with one attached hydrogen (secondary N) is 1. The normalized spacial score (nSPS) is 34.9. The molecule has 2 rings (SSSR count). The van der Waals surface area contributed by atoms with Crippen molar-refractivity contribution in [2.45, 2.75) is 44.8 Å². The number of piperidine rings is 1. The summed E-state index contributed by atoms with van der Waals surface area (Å²) < 4.78 is 10.7. The Morgan fingerprint density at radius 3 is 3.00 bits per heavy atom. The van der Waals surface area contributed by atoms with E-state index in [0.29, 0.717) is 12.5 Å². The van der Waals surface area contributed by atoms with E-state index in [4.69, 9.17) is 9.47 Å². The monoisotopic (exact) mass is 227 g/mol. The van der Waals surface area contributed by atoms with Crippen LogP contribution in [0.3, 0.4) is 0 Å². The van der Waals surface area contributed by atoms with E-state index in [1.807, 2.05) is 0 Å². The molecule has 2 aliphatic rings. The summed E-state index contributed by atoms with van der Waals surface area (Å²) in [6, 6.07) is -0.116. The van der Waals surface area contributed by atoms with Gasteiger partial charge in [0, 0.05) is 6.61 Å². The number of ether oxygens (including phenoxy) is 2. The maximum Gasteiger partial charge on any atom is 0.323 e. The number of rotatable bonds is 3. The van der Waals surface area contributed by atoms with Crippen LogP contribution in [-0.4, -0.2) is 37.9 Å². The molecule has 0 aromatic heterocycles. The fraction of sp³-hybridized carbons (Fsp3) is 0.917. The van der Waals surface area contributed by atoms with Gasteiger partial charge in [0.05, 0.1) is 6.10 Å². The van der Waals surface area contributed by atoms with Gasteiger partial charge in [-0.2, -0.15) is 0 Å². The van der Waals surface area contributed by atoms with Crippen LogP contribution in [-0.2, 0) is 14.3 Å². The minimum atomic E-state index is -0.116. The van der Waals surface area contributed by atoms with Gasteiger partial charge < -0.3 is 14.8 Å². The molecule has 0 bridgehead atoms. The first-order valence-corrected chi connectivity index (χ1v) is 6.29.